The zero-order valence-corrected chi connectivity index (χ0v) is 34.5. The summed E-state index contributed by atoms with van der Waals surface area (Å²) < 4.78 is 36.4. The van der Waals surface area contributed by atoms with Gasteiger partial charge in [0.25, 0.3) is 7.82 Å². The molecule has 5 N–H and O–H groups in total. The summed E-state index contributed by atoms with van der Waals surface area (Å²) in [7, 11) is 0.886. The molecule has 2 saturated heterocycles. The van der Waals surface area contributed by atoms with Gasteiger partial charge in [-0.1, -0.05) is 25.7 Å². The van der Waals surface area contributed by atoms with Crippen molar-refractivity contribution in [2.24, 2.45) is 0 Å². The molecule has 0 bridgehead atoms. The summed E-state index contributed by atoms with van der Waals surface area (Å²) in [4.78, 5) is 108. The van der Waals surface area contributed by atoms with Crippen molar-refractivity contribution in [3.8, 4) is 0 Å². The predicted molar refractivity (Wildman–Crippen MR) is 203 cm³/mol. The molecule has 0 saturated carbocycles. The number of unbranched alkanes of at least 4 members (excludes halogenated alkanes) is 5. The molecule has 0 aromatic rings. The van der Waals surface area contributed by atoms with E-state index in [2.05, 4.69) is 31.1 Å². The first kappa shape index (κ1) is 50.5. The van der Waals surface area contributed by atoms with Gasteiger partial charge < -0.3 is 69.2 Å². The molecule has 26 heteroatoms. The van der Waals surface area contributed by atoms with Crippen LogP contribution in [0, 0.1) is 0 Å². The largest absolute Gasteiger partial charge is 0.790 e. The van der Waals surface area contributed by atoms with Gasteiger partial charge in [-0.25, -0.2) is 4.79 Å². The molecule has 2 heterocycles. The lowest BCUT2D eigenvalue weighted by molar-refractivity contribution is -0.341. The Hall–Kier alpha value is -2.68. The fraction of sp³-hybridized carbons (Fsp3) is 0.806. The van der Waals surface area contributed by atoms with Gasteiger partial charge in [-0.2, -0.15) is 11.8 Å². The van der Waals surface area contributed by atoms with E-state index in [-0.39, 0.29) is 56.8 Å². The minimum Gasteiger partial charge on any atom is -0.790 e. The van der Waals surface area contributed by atoms with Crippen LogP contribution in [-0.2, 0) is 46.7 Å². The van der Waals surface area contributed by atoms with Crippen molar-refractivity contribution in [2.45, 2.75) is 87.8 Å². The number of urea groups is 1. The number of fused-ring (bicyclic) bond motifs is 1. The molecule has 320 valence electrons. The van der Waals surface area contributed by atoms with Crippen molar-refractivity contribution in [1.82, 2.24) is 36.4 Å². The third kappa shape index (κ3) is 22.3. The average Bonchev–Trinajstić information content (AvgIpc) is 3.71. The van der Waals surface area contributed by atoms with E-state index in [1.54, 1.807) is 0 Å². The predicted octanol–water partition coefficient (Wildman–Crippen LogP) is -2.81. The highest BCUT2D eigenvalue weighted by atomic mass is 32.2. The van der Waals surface area contributed by atoms with Crippen LogP contribution in [0.1, 0.15) is 57.8 Å². The number of nitrogens with one attached hydrogen (secondary N) is 5. The number of phosphoric ester groups is 2. The number of hydrogen-bond acceptors (Lipinski definition) is 15. The van der Waals surface area contributed by atoms with Crippen LogP contribution >= 0.6 is 27.4 Å². The van der Waals surface area contributed by atoms with E-state index in [0.717, 1.165) is 54.1 Å². The second-order valence-corrected chi connectivity index (χ2v) is 17.0. The number of rotatable bonds is 31. The second kappa shape index (κ2) is 27.2. The molecule has 7 amide bonds. The Balaban J connectivity index is 1.54. The minimum atomic E-state index is -5.21. The number of hydrogen-bond donors (Lipinski definition) is 5. The van der Waals surface area contributed by atoms with Crippen LogP contribution in [0.25, 0.3) is 0 Å². The maximum Gasteiger partial charge on any atom is 0.315 e. The first-order chi connectivity index (χ1) is 27.0. The molecule has 4 unspecified atom stereocenters. The van der Waals surface area contributed by atoms with Crippen LogP contribution in [0.5, 0.6) is 0 Å². The molecule has 2 aliphatic rings. The standard InChI is InChI=1S/C31H55B2N7O14P2S/c32-18-28(44)39(20-27(43)36-12-16-52-55(47,48)49)13-11-35-26(42)21-40(29(45)19-33)14-17-54-56(50,51)53-15-7-3-1-2-6-10-34-25(41)9-5-4-8-24-30-23(22-57-24)37-31(46)38-30/h23-24,30H,1-22H2,(H,34,41)(H,35,42)(H,36,43)(H,50,51)(H2,37,38,46)(H2,47,48,49)/p-3. The minimum absolute atomic E-state index is 0.00928. The van der Waals surface area contributed by atoms with Crippen LogP contribution in [0.15, 0.2) is 0 Å². The molecule has 2 fully saturated rings. The third-order valence-corrected chi connectivity index (χ3v) is 11.7. The molecule has 0 aromatic heterocycles. The van der Waals surface area contributed by atoms with Crippen molar-refractivity contribution < 1.29 is 66.1 Å². The maximum absolute atomic E-state index is 12.5. The number of carbonyl (C=O) groups is 6. The zero-order chi connectivity index (χ0) is 42.3. The Morgan fingerprint density at radius 1 is 0.719 bits per heavy atom. The second-order valence-electron chi connectivity index (χ2n) is 13.1. The molecule has 4 radical (unpaired) electrons. The van der Waals surface area contributed by atoms with Crippen molar-refractivity contribution in [2.75, 3.05) is 71.4 Å². The molecule has 0 aromatic carbocycles. The summed E-state index contributed by atoms with van der Waals surface area (Å²) in [5.41, 5.74) is 0. The highest BCUT2D eigenvalue weighted by molar-refractivity contribution is 8.00. The maximum atomic E-state index is 12.5. The fourth-order valence-electron chi connectivity index (χ4n) is 5.80. The highest BCUT2D eigenvalue weighted by Crippen LogP contribution is 2.38. The zero-order valence-electron chi connectivity index (χ0n) is 31.9. The summed E-state index contributed by atoms with van der Waals surface area (Å²) in [5.74, 6) is -1.80. The molecule has 0 spiro atoms. The average molecular weight is 862 g/mol. The molecular weight excluding hydrogens is 810 g/mol. The van der Waals surface area contributed by atoms with Crippen LogP contribution in [0.2, 0.25) is 12.6 Å². The summed E-state index contributed by atoms with van der Waals surface area (Å²) in [6.07, 6.45) is 5.75. The van der Waals surface area contributed by atoms with Gasteiger partial charge in [-0.15, -0.1) is 0 Å². The van der Waals surface area contributed by atoms with Gasteiger partial charge in [0.15, 0.2) is 0 Å². The first-order valence-electron chi connectivity index (χ1n) is 18.7. The van der Waals surface area contributed by atoms with Crippen molar-refractivity contribution in [3.63, 3.8) is 0 Å². The fourth-order valence-corrected chi connectivity index (χ4v) is 8.39. The lowest BCUT2D eigenvalue weighted by Gasteiger charge is -2.28. The van der Waals surface area contributed by atoms with Gasteiger partial charge >= 0.3 is 6.03 Å². The normalized spacial score (nSPS) is 18.4. The van der Waals surface area contributed by atoms with Crippen LogP contribution in [0.3, 0.4) is 0 Å². The molecule has 57 heavy (non-hydrogen) atoms. The van der Waals surface area contributed by atoms with E-state index in [1.165, 1.54) is 0 Å². The summed E-state index contributed by atoms with van der Waals surface area (Å²) in [5, 5.41) is 13.9. The topological polar surface area (TPSA) is 300 Å². The van der Waals surface area contributed by atoms with Crippen LogP contribution < -0.4 is 41.3 Å². The van der Waals surface area contributed by atoms with Crippen LogP contribution in [0.4, 0.5) is 4.79 Å². The van der Waals surface area contributed by atoms with E-state index in [4.69, 9.17) is 24.7 Å². The van der Waals surface area contributed by atoms with Gasteiger partial charge in [0.05, 0.1) is 68.5 Å². The SMILES string of the molecule is [B]CC(=O)N(CCNC(=O)CN(CCOP(=O)([O-])OCCCCCCCNC(=O)CCCCC1SCC2NC(=O)NC21)C(=O)C[B])CC(=O)NCCOP(=O)([O-])[O-]. The molecule has 4 atom stereocenters. The van der Waals surface area contributed by atoms with Gasteiger partial charge in [0.1, 0.15) is 0 Å². The number of nitrogens with zero attached hydrogens (tertiary/aromatic N) is 2. The molecule has 0 aliphatic carbocycles. The van der Waals surface area contributed by atoms with Crippen molar-refractivity contribution in [3.05, 3.63) is 0 Å². The smallest absolute Gasteiger partial charge is 0.315 e. The summed E-state index contributed by atoms with van der Waals surface area (Å²) in [6, 6.07) is 0.261. The first-order valence-corrected chi connectivity index (χ1v) is 22.7. The van der Waals surface area contributed by atoms with Crippen LogP contribution in [-0.4, -0.2) is 150 Å². The van der Waals surface area contributed by atoms with Gasteiger partial charge in [-0.3, -0.25) is 28.5 Å². The Kier molecular flexibility index (Phi) is 24.0. The van der Waals surface area contributed by atoms with E-state index in [0.29, 0.717) is 31.1 Å². The lowest BCUT2D eigenvalue weighted by Crippen LogP contribution is -2.46. The van der Waals surface area contributed by atoms with E-state index >= 15 is 0 Å². The molecule has 2 aliphatic heterocycles. The number of carbonyl (C=O) groups excluding carboxylic acids is 6. The van der Waals surface area contributed by atoms with Gasteiger partial charge in [0.2, 0.25) is 29.5 Å². The number of amides is 7. The Morgan fingerprint density at radius 2 is 1.32 bits per heavy atom. The Morgan fingerprint density at radius 3 is 1.98 bits per heavy atom. The van der Waals surface area contributed by atoms with Gasteiger partial charge in [-0.05, 0) is 38.3 Å². The summed E-state index contributed by atoms with van der Waals surface area (Å²) in [6.45, 7) is -2.67. The van der Waals surface area contributed by atoms with Gasteiger partial charge in [0, 0.05) is 50.1 Å². The lowest BCUT2D eigenvalue weighted by atomic mass is 10.0. The van der Waals surface area contributed by atoms with E-state index in [1.807, 2.05) is 11.8 Å². The third-order valence-electron chi connectivity index (χ3n) is 8.69. The van der Waals surface area contributed by atoms with Crippen molar-refractivity contribution >= 4 is 78.7 Å². The number of thioether (sulfide) groups is 1. The Bertz CT molecular complexity index is 1420. The van der Waals surface area contributed by atoms with Crippen molar-refractivity contribution in [1.29, 1.82) is 0 Å². The number of phosphoric acid groups is 2. The molecule has 2 rings (SSSR count). The monoisotopic (exact) mass is 862 g/mol. The molecular formula is C31H52B2N7O14P2S-3. The highest BCUT2D eigenvalue weighted by Gasteiger charge is 2.42. The molecule has 21 nitrogen and oxygen atoms in total. The summed E-state index contributed by atoms with van der Waals surface area (Å²) >= 11 is 1.86. The Labute approximate surface area is 339 Å². The quantitative estimate of drug-likeness (QED) is 0.0203. The van der Waals surface area contributed by atoms with E-state index in [9.17, 15) is 52.6 Å². The van der Waals surface area contributed by atoms with E-state index < -0.39 is 78.2 Å².